The molecular formula is C20H28ClN5. The van der Waals surface area contributed by atoms with Gasteiger partial charge in [0, 0.05) is 43.2 Å². The Hall–Kier alpha value is -1.85. The number of halogens is 1. The molecule has 0 fully saturated rings. The van der Waals surface area contributed by atoms with Crippen LogP contribution in [0, 0.1) is 0 Å². The highest BCUT2D eigenvalue weighted by Gasteiger charge is 2.19. The minimum atomic E-state index is 0.292. The Morgan fingerprint density at radius 1 is 1.19 bits per heavy atom. The molecule has 0 atom stereocenters. The van der Waals surface area contributed by atoms with Crippen LogP contribution in [0.4, 0.5) is 11.6 Å². The largest absolute Gasteiger partial charge is 0.369 e. The van der Waals surface area contributed by atoms with Gasteiger partial charge in [-0.2, -0.15) is 0 Å². The van der Waals surface area contributed by atoms with E-state index in [1.165, 1.54) is 11.1 Å². The normalized spacial score (nSPS) is 14.0. The molecule has 2 heterocycles. The highest BCUT2D eigenvalue weighted by Crippen LogP contribution is 2.27. The summed E-state index contributed by atoms with van der Waals surface area (Å²) in [4.78, 5) is 14.0. The summed E-state index contributed by atoms with van der Waals surface area (Å²) in [6.07, 6.45) is 0.986. The number of nitrogens with zero attached hydrogens (tertiary/aromatic N) is 4. The van der Waals surface area contributed by atoms with Gasteiger partial charge in [0.05, 0.1) is 0 Å². The van der Waals surface area contributed by atoms with E-state index in [0.717, 1.165) is 55.1 Å². The van der Waals surface area contributed by atoms with Crippen molar-refractivity contribution >= 4 is 23.2 Å². The molecule has 2 aromatic rings. The number of hydrogen-bond donors (Lipinski definition) is 1. The van der Waals surface area contributed by atoms with Crippen molar-refractivity contribution in [3.8, 4) is 0 Å². The fourth-order valence-electron chi connectivity index (χ4n) is 3.09. The second kappa shape index (κ2) is 8.23. The Morgan fingerprint density at radius 3 is 2.73 bits per heavy atom. The number of rotatable bonds is 6. The van der Waals surface area contributed by atoms with Crippen molar-refractivity contribution in [3.05, 3.63) is 46.2 Å². The summed E-state index contributed by atoms with van der Waals surface area (Å²) >= 11 is 6.13. The van der Waals surface area contributed by atoms with E-state index in [4.69, 9.17) is 21.6 Å². The number of benzene rings is 1. The lowest BCUT2D eigenvalue weighted by atomic mass is 10.00. The van der Waals surface area contributed by atoms with Crippen molar-refractivity contribution in [3.63, 3.8) is 0 Å². The SMILES string of the molecule is CC(C)c1nc(NCCN(C)C)cc(N2CCc3cc(Cl)ccc3C2)n1. The molecule has 0 amide bonds. The molecule has 1 aliphatic rings. The molecule has 0 saturated heterocycles. The van der Waals surface area contributed by atoms with Gasteiger partial charge in [0.1, 0.15) is 17.5 Å². The fraction of sp³-hybridized carbons (Fsp3) is 0.500. The van der Waals surface area contributed by atoms with Gasteiger partial charge in [-0.05, 0) is 43.8 Å². The lowest BCUT2D eigenvalue weighted by molar-refractivity contribution is 0.425. The first-order valence-electron chi connectivity index (χ1n) is 9.22. The summed E-state index contributed by atoms with van der Waals surface area (Å²) in [5, 5.41) is 4.25. The van der Waals surface area contributed by atoms with Crippen LogP contribution >= 0.6 is 11.6 Å². The van der Waals surface area contributed by atoms with E-state index in [1.807, 2.05) is 6.07 Å². The Balaban J connectivity index is 1.82. The molecule has 0 saturated carbocycles. The maximum Gasteiger partial charge on any atom is 0.135 e. The molecular weight excluding hydrogens is 346 g/mol. The minimum absolute atomic E-state index is 0.292. The molecule has 1 N–H and O–H groups in total. The van der Waals surface area contributed by atoms with Gasteiger partial charge in [0.25, 0.3) is 0 Å². The number of fused-ring (bicyclic) bond motifs is 1. The van der Waals surface area contributed by atoms with Crippen LogP contribution in [0.2, 0.25) is 5.02 Å². The van der Waals surface area contributed by atoms with Gasteiger partial charge in [0.15, 0.2) is 0 Å². The van der Waals surface area contributed by atoms with Gasteiger partial charge in [-0.3, -0.25) is 0 Å². The Labute approximate surface area is 161 Å². The van der Waals surface area contributed by atoms with Crippen molar-refractivity contribution in [1.82, 2.24) is 14.9 Å². The predicted octanol–water partition coefficient (Wildman–Crippen LogP) is 3.79. The van der Waals surface area contributed by atoms with Gasteiger partial charge in [-0.15, -0.1) is 0 Å². The average molecular weight is 374 g/mol. The fourth-order valence-corrected chi connectivity index (χ4v) is 3.28. The lowest BCUT2D eigenvalue weighted by Gasteiger charge is -2.30. The molecule has 0 radical (unpaired) electrons. The van der Waals surface area contributed by atoms with Crippen LogP contribution in [-0.4, -0.2) is 48.6 Å². The maximum absolute atomic E-state index is 6.13. The van der Waals surface area contributed by atoms with E-state index in [-0.39, 0.29) is 0 Å². The molecule has 0 bridgehead atoms. The first-order valence-corrected chi connectivity index (χ1v) is 9.60. The zero-order valence-corrected chi connectivity index (χ0v) is 16.8. The van der Waals surface area contributed by atoms with Crippen molar-refractivity contribution in [2.75, 3.05) is 43.9 Å². The number of hydrogen-bond acceptors (Lipinski definition) is 5. The number of nitrogens with one attached hydrogen (secondary N) is 1. The third kappa shape index (κ3) is 4.65. The second-order valence-corrected chi connectivity index (χ2v) is 7.88. The first kappa shape index (κ1) is 18.9. The number of anilines is 2. The van der Waals surface area contributed by atoms with Crippen molar-refractivity contribution in [2.24, 2.45) is 0 Å². The summed E-state index contributed by atoms with van der Waals surface area (Å²) in [7, 11) is 4.15. The van der Waals surface area contributed by atoms with E-state index >= 15 is 0 Å². The average Bonchev–Trinajstić information content (AvgIpc) is 2.60. The third-order valence-electron chi connectivity index (χ3n) is 4.62. The molecule has 1 aliphatic heterocycles. The summed E-state index contributed by atoms with van der Waals surface area (Å²) in [5.74, 6) is 3.08. The van der Waals surface area contributed by atoms with Crippen LogP contribution in [-0.2, 0) is 13.0 Å². The highest BCUT2D eigenvalue weighted by atomic mass is 35.5. The molecule has 3 rings (SSSR count). The van der Waals surface area contributed by atoms with E-state index in [9.17, 15) is 0 Å². The zero-order valence-electron chi connectivity index (χ0n) is 16.1. The predicted molar refractivity (Wildman–Crippen MR) is 109 cm³/mol. The molecule has 0 unspecified atom stereocenters. The molecule has 1 aromatic carbocycles. The summed E-state index contributed by atoms with van der Waals surface area (Å²) in [5.41, 5.74) is 2.67. The van der Waals surface area contributed by atoms with Gasteiger partial charge in [-0.1, -0.05) is 31.5 Å². The second-order valence-electron chi connectivity index (χ2n) is 7.44. The Bertz CT molecular complexity index is 760. The topological polar surface area (TPSA) is 44.3 Å². The van der Waals surface area contributed by atoms with Crippen LogP contribution in [0.25, 0.3) is 0 Å². The van der Waals surface area contributed by atoms with Crippen LogP contribution in [0.5, 0.6) is 0 Å². The standard InChI is InChI=1S/C20H28ClN5/c1-14(2)20-23-18(22-8-10-25(3)4)12-19(24-20)26-9-7-15-11-17(21)6-5-16(15)13-26/h5-6,11-12,14H,7-10,13H2,1-4H3,(H,22,23,24). The van der Waals surface area contributed by atoms with Crippen molar-refractivity contribution in [1.29, 1.82) is 0 Å². The van der Waals surface area contributed by atoms with Gasteiger partial charge >= 0.3 is 0 Å². The van der Waals surface area contributed by atoms with Crippen LogP contribution in [0.15, 0.2) is 24.3 Å². The summed E-state index contributed by atoms with van der Waals surface area (Å²) in [6.45, 7) is 7.90. The lowest BCUT2D eigenvalue weighted by Crippen LogP contribution is -2.31. The minimum Gasteiger partial charge on any atom is -0.369 e. The maximum atomic E-state index is 6.13. The monoisotopic (exact) mass is 373 g/mol. The zero-order chi connectivity index (χ0) is 18.7. The Kier molecular flexibility index (Phi) is 5.99. The van der Waals surface area contributed by atoms with Crippen molar-refractivity contribution in [2.45, 2.75) is 32.7 Å². The quantitative estimate of drug-likeness (QED) is 0.834. The molecule has 6 heteroatoms. The van der Waals surface area contributed by atoms with Crippen LogP contribution < -0.4 is 10.2 Å². The number of likely N-dealkylation sites (N-methyl/N-ethyl adjacent to an activating group) is 1. The summed E-state index contributed by atoms with van der Waals surface area (Å²) < 4.78 is 0. The van der Waals surface area contributed by atoms with E-state index in [2.05, 4.69) is 61.3 Å². The van der Waals surface area contributed by atoms with E-state index < -0.39 is 0 Å². The molecule has 140 valence electrons. The smallest absolute Gasteiger partial charge is 0.135 e. The third-order valence-corrected chi connectivity index (χ3v) is 4.85. The molecule has 5 nitrogen and oxygen atoms in total. The summed E-state index contributed by atoms with van der Waals surface area (Å²) in [6, 6.07) is 8.26. The van der Waals surface area contributed by atoms with E-state index in [1.54, 1.807) is 0 Å². The van der Waals surface area contributed by atoms with E-state index in [0.29, 0.717) is 5.92 Å². The first-order chi connectivity index (χ1) is 12.4. The highest BCUT2D eigenvalue weighted by molar-refractivity contribution is 6.30. The van der Waals surface area contributed by atoms with Gasteiger partial charge in [-0.25, -0.2) is 9.97 Å². The molecule has 0 aliphatic carbocycles. The molecule has 26 heavy (non-hydrogen) atoms. The molecule has 1 aromatic heterocycles. The van der Waals surface area contributed by atoms with Gasteiger partial charge < -0.3 is 15.1 Å². The van der Waals surface area contributed by atoms with Crippen LogP contribution in [0.3, 0.4) is 0 Å². The molecule has 0 spiro atoms. The van der Waals surface area contributed by atoms with Crippen LogP contribution in [0.1, 0.15) is 36.7 Å². The van der Waals surface area contributed by atoms with Crippen molar-refractivity contribution < 1.29 is 0 Å². The Morgan fingerprint density at radius 2 is 2.00 bits per heavy atom. The number of aromatic nitrogens is 2. The van der Waals surface area contributed by atoms with Gasteiger partial charge in [0.2, 0.25) is 0 Å².